The smallest absolute Gasteiger partial charge is 0.408 e. The summed E-state index contributed by atoms with van der Waals surface area (Å²) < 4.78 is 18.8. The van der Waals surface area contributed by atoms with Crippen LogP contribution in [0.15, 0.2) is 35.3 Å². The second-order valence-corrected chi connectivity index (χ2v) is 11.0. The highest BCUT2D eigenvalue weighted by atomic mass is 19.1. The number of hydrogen-bond acceptors (Lipinski definition) is 6. The predicted molar refractivity (Wildman–Crippen MR) is 153 cm³/mol. The van der Waals surface area contributed by atoms with Crippen molar-refractivity contribution in [2.24, 2.45) is 28.3 Å². The van der Waals surface area contributed by atoms with Gasteiger partial charge in [-0.15, -0.1) is 0 Å². The van der Waals surface area contributed by atoms with E-state index in [1.807, 2.05) is 30.3 Å². The lowest BCUT2D eigenvalue weighted by molar-refractivity contribution is -0.145. The highest BCUT2D eigenvalue weighted by molar-refractivity contribution is 5.95. The SMILES string of the molecule is NC(N)=NCCC[C@H](CC(=O)[C@@H]1CCCCN1C(=O)[C@@H](NC(=O)OCc1ccccc1)C1CCCCC1)C(=O)CF. The lowest BCUT2D eigenvalue weighted by Crippen LogP contribution is -2.58. The summed E-state index contributed by atoms with van der Waals surface area (Å²) in [6, 6.07) is 7.75. The van der Waals surface area contributed by atoms with Crippen molar-refractivity contribution in [3.05, 3.63) is 35.9 Å². The van der Waals surface area contributed by atoms with Crippen molar-refractivity contribution in [1.29, 1.82) is 0 Å². The first-order chi connectivity index (χ1) is 19.8. The lowest BCUT2D eigenvalue weighted by atomic mass is 9.82. The van der Waals surface area contributed by atoms with Gasteiger partial charge in [-0.05, 0) is 56.4 Å². The maximum atomic E-state index is 14.0. The summed E-state index contributed by atoms with van der Waals surface area (Å²) in [5.41, 5.74) is 11.5. The molecular weight excluding hydrogens is 529 g/mol. The Bertz CT molecular complexity index is 1040. The van der Waals surface area contributed by atoms with Crippen LogP contribution in [0.3, 0.4) is 0 Å². The van der Waals surface area contributed by atoms with Gasteiger partial charge in [0.05, 0.1) is 6.04 Å². The van der Waals surface area contributed by atoms with Crippen molar-refractivity contribution in [3.8, 4) is 0 Å². The zero-order valence-electron chi connectivity index (χ0n) is 23.8. The molecule has 2 amide bonds. The second kappa shape index (κ2) is 16.7. The fourth-order valence-corrected chi connectivity index (χ4v) is 5.86. The highest BCUT2D eigenvalue weighted by Gasteiger charge is 2.40. The molecule has 0 unspecified atom stereocenters. The molecule has 11 heteroatoms. The minimum Gasteiger partial charge on any atom is -0.445 e. The number of carbonyl (C=O) groups excluding carboxylic acids is 4. The van der Waals surface area contributed by atoms with Crippen LogP contribution in [0.2, 0.25) is 0 Å². The summed E-state index contributed by atoms with van der Waals surface area (Å²) in [5.74, 6) is -2.14. The Morgan fingerprint density at radius 3 is 2.41 bits per heavy atom. The third-order valence-electron chi connectivity index (χ3n) is 8.07. The Balaban J connectivity index is 1.70. The quantitative estimate of drug-likeness (QED) is 0.175. The summed E-state index contributed by atoms with van der Waals surface area (Å²) in [6.45, 7) is -0.427. The fourth-order valence-electron chi connectivity index (χ4n) is 5.86. The minimum atomic E-state index is -1.16. The number of nitrogens with two attached hydrogens (primary N) is 2. The van der Waals surface area contributed by atoms with Crippen molar-refractivity contribution in [1.82, 2.24) is 10.2 Å². The number of rotatable bonds is 14. The number of nitrogens with one attached hydrogen (secondary N) is 1. The third-order valence-corrected chi connectivity index (χ3v) is 8.07. The molecule has 0 aromatic heterocycles. The topological polar surface area (TPSA) is 157 Å². The van der Waals surface area contributed by atoms with E-state index in [0.29, 0.717) is 19.4 Å². The molecule has 1 aliphatic carbocycles. The molecule has 0 bridgehead atoms. The average molecular weight is 574 g/mol. The Morgan fingerprint density at radius 1 is 1.02 bits per heavy atom. The molecule has 10 nitrogen and oxygen atoms in total. The molecule has 3 rings (SSSR count). The van der Waals surface area contributed by atoms with Gasteiger partial charge in [-0.3, -0.25) is 19.4 Å². The summed E-state index contributed by atoms with van der Waals surface area (Å²) in [5, 5.41) is 2.82. The number of ether oxygens (including phenoxy) is 1. The summed E-state index contributed by atoms with van der Waals surface area (Å²) in [4.78, 5) is 58.1. The van der Waals surface area contributed by atoms with E-state index in [1.54, 1.807) is 4.90 Å². The average Bonchev–Trinajstić information content (AvgIpc) is 3.00. The number of guanidine groups is 1. The molecule has 1 aromatic rings. The molecule has 226 valence electrons. The van der Waals surface area contributed by atoms with Gasteiger partial charge in [0.15, 0.2) is 17.5 Å². The van der Waals surface area contributed by atoms with Crippen LogP contribution in [0.4, 0.5) is 9.18 Å². The molecule has 2 fully saturated rings. The molecule has 0 radical (unpaired) electrons. The van der Waals surface area contributed by atoms with Crippen LogP contribution in [-0.2, 0) is 25.7 Å². The number of halogens is 1. The van der Waals surface area contributed by atoms with E-state index >= 15 is 0 Å². The Hall–Kier alpha value is -3.50. The number of piperidine rings is 1. The van der Waals surface area contributed by atoms with Crippen LogP contribution in [0.1, 0.15) is 76.2 Å². The molecule has 0 spiro atoms. The van der Waals surface area contributed by atoms with Gasteiger partial charge in [0.2, 0.25) is 5.91 Å². The number of ketones is 2. The van der Waals surface area contributed by atoms with Gasteiger partial charge in [0.1, 0.15) is 19.3 Å². The molecule has 2 aliphatic rings. The lowest BCUT2D eigenvalue weighted by Gasteiger charge is -2.39. The van der Waals surface area contributed by atoms with Crippen LogP contribution < -0.4 is 16.8 Å². The Kier molecular flexibility index (Phi) is 13.0. The summed E-state index contributed by atoms with van der Waals surface area (Å²) in [7, 11) is 0. The number of amides is 2. The molecule has 5 N–H and O–H groups in total. The van der Waals surface area contributed by atoms with Crippen LogP contribution in [0, 0.1) is 11.8 Å². The standard InChI is InChI=1S/C30H44FN5O5/c31-19-26(38)23(14-9-16-34-29(32)33)18-25(37)24-15-7-8-17-36(24)28(39)27(22-12-5-2-6-13-22)35-30(40)41-20-21-10-3-1-4-11-21/h1,3-4,10-11,22-24,27H,2,5-9,12-20H2,(H,35,40)(H4,32,33,34)/t23-,24+,27+/m1/s1. The van der Waals surface area contributed by atoms with Crippen molar-refractivity contribution >= 4 is 29.5 Å². The maximum Gasteiger partial charge on any atom is 0.408 e. The number of nitrogens with zero attached hydrogens (tertiary/aromatic N) is 2. The van der Waals surface area contributed by atoms with E-state index in [2.05, 4.69) is 10.3 Å². The monoisotopic (exact) mass is 573 g/mol. The molecule has 1 saturated heterocycles. The van der Waals surface area contributed by atoms with Crippen LogP contribution in [0.25, 0.3) is 0 Å². The van der Waals surface area contributed by atoms with Crippen LogP contribution >= 0.6 is 0 Å². The third kappa shape index (κ3) is 10.1. The molecule has 1 aliphatic heterocycles. The molecule has 1 aromatic carbocycles. The zero-order chi connectivity index (χ0) is 29.6. The number of carbonyl (C=O) groups is 4. The first-order valence-electron chi connectivity index (χ1n) is 14.7. The van der Waals surface area contributed by atoms with Gasteiger partial charge in [-0.2, -0.15) is 0 Å². The van der Waals surface area contributed by atoms with E-state index in [4.69, 9.17) is 16.2 Å². The number of benzene rings is 1. The Labute approximate surface area is 241 Å². The van der Waals surface area contributed by atoms with E-state index in [1.165, 1.54) is 0 Å². The van der Waals surface area contributed by atoms with E-state index in [9.17, 15) is 23.6 Å². The largest absolute Gasteiger partial charge is 0.445 e. The van der Waals surface area contributed by atoms with Gasteiger partial charge in [0.25, 0.3) is 0 Å². The van der Waals surface area contributed by atoms with Crippen molar-refractivity contribution < 1.29 is 28.3 Å². The molecule has 1 heterocycles. The van der Waals surface area contributed by atoms with Crippen molar-refractivity contribution in [2.75, 3.05) is 19.8 Å². The van der Waals surface area contributed by atoms with Gasteiger partial charge in [-0.1, -0.05) is 49.6 Å². The van der Waals surface area contributed by atoms with Crippen molar-refractivity contribution in [2.45, 2.75) is 89.3 Å². The molecule has 41 heavy (non-hydrogen) atoms. The zero-order valence-corrected chi connectivity index (χ0v) is 23.8. The predicted octanol–water partition coefficient (Wildman–Crippen LogP) is 3.41. The number of hydrogen-bond donors (Lipinski definition) is 3. The maximum absolute atomic E-state index is 14.0. The Morgan fingerprint density at radius 2 is 1.73 bits per heavy atom. The first-order valence-corrected chi connectivity index (χ1v) is 14.7. The number of alkyl halides is 1. The van der Waals surface area contributed by atoms with Gasteiger partial charge < -0.3 is 26.4 Å². The number of alkyl carbamates (subject to hydrolysis) is 1. The molecule has 3 atom stereocenters. The van der Waals surface area contributed by atoms with E-state index in [0.717, 1.165) is 50.5 Å². The first kappa shape index (κ1) is 32.0. The number of Topliss-reactive ketones (excluding diaryl/α,β-unsaturated/α-hetero) is 2. The summed E-state index contributed by atoms with van der Waals surface area (Å²) >= 11 is 0. The molecule has 1 saturated carbocycles. The second-order valence-electron chi connectivity index (χ2n) is 11.0. The highest BCUT2D eigenvalue weighted by Crippen LogP contribution is 2.30. The number of aliphatic imine (C=N–C) groups is 1. The summed E-state index contributed by atoms with van der Waals surface area (Å²) in [6.07, 6.45) is 6.41. The minimum absolute atomic E-state index is 0.0606. The van der Waals surface area contributed by atoms with Crippen molar-refractivity contribution in [3.63, 3.8) is 0 Å². The van der Waals surface area contributed by atoms with E-state index < -0.39 is 36.6 Å². The van der Waals surface area contributed by atoms with Crippen LogP contribution in [0.5, 0.6) is 0 Å². The van der Waals surface area contributed by atoms with E-state index in [-0.39, 0.29) is 49.6 Å². The van der Waals surface area contributed by atoms with Gasteiger partial charge in [0, 0.05) is 25.4 Å². The van der Waals surface area contributed by atoms with Gasteiger partial charge in [-0.25, -0.2) is 9.18 Å². The number of likely N-dealkylation sites (tertiary alicyclic amines) is 1. The normalized spacial score (nSPS) is 19.0. The van der Waals surface area contributed by atoms with Gasteiger partial charge >= 0.3 is 6.09 Å². The van der Waals surface area contributed by atoms with Crippen LogP contribution in [-0.4, -0.2) is 66.3 Å². The fraction of sp³-hybridized carbons (Fsp3) is 0.633. The molecular formula is C30H44FN5O5.